The molecule has 2 aromatic carbocycles. The number of ether oxygens (including phenoxy) is 1. The molecular formula is C20H16F2IN3O3S. The standard InChI is InChI=1S/C20H16F2IN3O3S/c1-8-6-10(23)4-5-11(8)25-15-12(20(28)29-7-9-2-3-9)16-17(14(22)13(15)21)30-19(26-16)18(24)27/h4-6,9,25H,2-3,7H2,1H3,(H2,24,27). The zero-order valence-electron chi connectivity index (χ0n) is 15.7. The number of carbonyl (C=O) groups excluding carboxylic acids is 2. The third-order valence-electron chi connectivity index (χ3n) is 4.74. The zero-order valence-corrected chi connectivity index (χ0v) is 18.7. The van der Waals surface area contributed by atoms with E-state index < -0.39 is 23.5 Å². The highest BCUT2D eigenvalue weighted by Gasteiger charge is 2.31. The lowest BCUT2D eigenvalue weighted by Gasteiger charge is -2.16. The van der Waals surface area contributed by atoms with Crippen molar-refractivity contribution in [3.05, 3.63) is 49.5 Å². The van der Waals surface area contributed by atoms with Gasteiger partial charge in [-0.15, -0.1) is 11.3 Å². The fourth-order valence-electron chi connectivity index (χ4n) is 2.95. The highest BCUT2D eigenvalue weighted by atomic mass is 127. The Kier molecular flexibility index (Phi) is 5.62. The molecule has 1 saturated carbocycles. The quantitative estimate of drug-likeness (QED) is 0.341. The van der Waals surface area contributed by atoms with Crippen molar-refractivity contribution in [2.45, 2.75) is 19.8 Å². The number of benzene rings is 2. The van der Waals surface area contributed by atoms with Crippen molar-refractivity contribution < 1.29 is 23.1 Å². The van der Waals surface area contributed by atoms with Crippen molar-refractivity contribution in [1.29, 1.82) is 0 Å². The number of esters is 1. The van der Waals surface area contributed by atoms with Gasteiger partial charge in [0.05, 0.1) is 17.0 Å². The third kappa shape index (κ3) is 3.97. The molecule has 0 atom stereocenters. The van der Waals surface area contributed by atoms with Crippen LogP contribution < -0.4 is 11.1 Å². The number of nitrogens with one attached hydrogen (secondary N) is 1. The lowest BCUT2D eigenvalue weighted by Crippen LogP contribution is -2.14. The summed E-state index contributed by atoms with van der Waals surface area (Å²) in [6, 6.07) is 5.35. The van der Waals surface area contributed by atoms with Crippen molar-refractivity contribution in [3.8, 4) is 0 Å². The lowest BCUT2D eigenvalue weighted by molar-refractivity contribution is 0.0488. The van der Waals surface area contributed by atoms with Crippen LogP contribution in [0.4, 0.5) is 20.2 Å². The number of amides is 1. The minimum absolute atomic E-state index is 0.154. The molecule has 1 aliphatic rings. The second kappa shape index (κ2) is 8.06. The van der Waals surface area contributed by atoms with E-state index >= 15 is 4.39 Å². The number of halogens is 3. The van der Waals surface area contributed by atoms with Crippen LogP contribution in [0.1, 0.15) is 38.6 Å². The van der Waals surface area contributed by atoms with E-state index in [1.54, 1.807) is 19.1 Å². The zero-order chi connectivity index (χ0) is 21.6. The number of rotatable bonds is 6. The van der Waals surface area contributed by atoms with Gasteiger partial charge in [0, 0.05) is 9.26 Å². The van der Waals surface area contributed by atoms with Crippen molar-refractivity contribution in [1.82, 2.24) is 4.98 Å². The number of fused-ring (bicyclic) bond motifs is 1. The van der Waals surface area contributed by atoms with E-state index in [2.05, 4.69) is 32.9 Å². The van der Waals surface area contributed by atoms with Crippen LogP contribution in [0.5, 0.6) is 0 Å². The Morgan fingerprint density at radius 2 is 2.07 bits per heavy atom. The highest BCUT2D eigenvalue weighted by molar-refractivity contribution is 14.1. The second-order valence-electron chi connectivity index (χ2n) is 7.07. The minimum Gasteiger partial charge on any atom is -0.462 e. The minimum atomic E-state index is -1.25. The van der Waals surface area contributed by atoms with Gasteiger partial charge in [-0.2, -0.15) is 0 Å². The first-order valence-corrected chi connectivity index (χ1v) is 11.0. The Balaban J connectivity index is 1.89. The molecule has 0 saturated heterocycles. The van der Waals surface area contributed by atoms with E-state index in [1.807, 2.05) is 6.07 Å². The van der Waals surface area contributed by atoms with Crippen molar-refractivity contribution in [3.63, 3.8) is 0 Å². The average Bonchev–Trinajstić information content (AvgIpc) is 3.42. The van der Waals surface area contributed by atoms with Crippen LogP contribution in [0.3, 0.4) is 0 Å². The number of primary amides is 1. The molecule has 1 aliphatic carbocycles. The summed E-state index contributed by atoms with van der Waals surface area (Å²) in [4.78, 5) is 28.4. The van der Waals surface area contributed by atoms with Gasteiger partial charge >= 0.3 is 5.97 Å². The van der Waals surface area contributed by atoms with Gasteiger partial charge in [0.15, 0.2) is 16.6 Å². The summed E-state index contributed by atoms with van der Waals surface area (Å²) in [5.41, 5.74) is 5.73. The van der Waals surface area contributed by atoms with Gasteiger partial charge in [0.2, 0.25) is 0 Å². The second-order valence-corrected chi connectivity index (χ2v) is 9.31. The highest BCUT2D eigenvalue weighted by Crippen LogP contribution is 2.38. The number of nitrogens with two attached hydrogens (primary N) is 1. The molecule has 0 unspecified atom stereocenters. The Bertz CT molecular complexity index is 1190. The normalized spacial score (nSPS) is 13.5. The van der Waals surface area contributed by atoms with Crippen LogP contribution in [-0.2, 0) is 4.74 Å². The summed E-state index contributed by atoms with van der Waals surface area (Å²) < 4.78 is 35.9. The van der Waals surface area contributed by atoms with E-state index in [9.17, 15) is 14.0 Å². The molecule has 0 aliphatic heterocycles. The summed E-state index contributed by atoms with van der Waals surface area (Å²) in [6.45, 7) is 1.99. The Morgan fingerprint density at radius 1 is 1.33 bits per heavy atom. The molecular weight excluding hydrogens is 527 g/mol. The summed E-state index contributed by atoms with van der Waals surface area (Å²) in [5.74, 6) is -3.91. The molecule has 1 amide bonds. The Morgan fingerprint density at radius 3 is 2.70 bits per heavy atom. The molecule has 1 aromatic heterocycles. The monoisotopic (exact) mass is 543 g/mol. The van der Waals surface area contributed by atoms with Gasteiger partial charge in [-0.25, -0.2) is 18.6 Å². The molecule has 0 radical (unpaired) electrons. The maximum absolute atomic E-state index is 15.1. The fourth-order valence-corrected chi connectivity index (χ4v) is 4.45. The van der Waals surface area contributed by atoms with Gasteiger partial charge in [-0.1, -0.05) is 0 Å². The van der Waals surface area contributed by atoms with Crippen LogP contribution in [-0.4, -0.2) is 23.5 Å². The van der Waals surface area contributed by atoms with E-state index in [0.29, 0.717) is 17.0 Å². The molecule has 1 heterocycles. The number of hydrogen-bond acceptors (Lipinski definition) is 6. The Labute approximate surface area is 187 Å². The molecule has 1 fully saturated rings. The first-order chi connectivity index (χ1) is 14.3. The molecule has 4 rings (SSSR count). The Hall–Kier alpha value is -2.34. The SMILES string of the molecule is Cc1cc(I)ccc1Nc1c(F)c(F)c2sc(C(N)=O)nc2c1C(=O)OCC1CC1. The summed E-state index contributed by atoms with van der Waals surface area (Å²) >= 11 is 2.73. The predicted octanol–water partition coefficient (Wildman–Crippen LogP) is 4.90. The first kappa shape index (κ1) is 20.9. The van der Waals surface area contributed by atoms with Crippen molar-refractivity contribution >= 4 is 67.4 Å². The van der Waals surface area contributed by atoms with Crippen LogP contribution >= 0.6 is 33.9 Å². The number of hydrogen-bond donors (Lipinski definition) is 2. The number of aryl methyl sites for hydroxylation is 1. The smallest absolute Gasteiger partial charge is 0.342 e. The van der Waals surface area contributed by atoms with Gasteiger partial charge in [0.1, 0.15) is 11.1 Å². The largest absolute Gasteiger partial charge is 0.462 e. The van der Waals surface area contributed by atoms with E-state index in [-0.39, 0.29) is 39.0 Å². The predicted molar refractivity (Wildman–Crippen MR) is 118 cm³/mol. The van der Waals surface area contributed by atoms with Crippen LogP contribution in [0, 0.1) is 28.0 Å². The van der Waals surface area contributed by atoms with Crippen LogP contribution in [0.15, 0.2) is 18.2 Å². The fraction of sp³-hybridized carbons (Fsp3) is 0.250. The summed E-state index contributed by atoms with van der Waals surface area (Å²) in [6.07, 6.45) is 1.91. The summed E-state index contributed by atoms with van der Waals surface area (Å²) in [5, 5.41) is 2.60. The number of thiazole rings is 1. The molecule has 0 spiro atoms. The molecule has 3 aromatic rings. The van der Waals surface area contributed by atoms with Gasteiger partial charge in [-0.3, -0.25) is 4.79 Å². The number of nitrogens with zero attached hydrogens (tertiary/aromatic N) is 1. The van der Waals surface area contributed by atoms with Crippen molar-refractivity contribution in [2.75, 3.05) is 11.9 Å². The van der Waals surface area contributed by atoms with Gasteiger partial charge < -0.3 is 15.8 Å². The average molecular weight is 543 g/mol. The van der Waals surface area contributed by atoms with E-state index in [1.165, 1.54) is 0 Å². The lowest BCUT2D eigenvalue weighted by atomic mass is 10.1. The maximum atomic E-state index is 15.1. The van der Waals surface area contributed by atoms with Gasteiger partial charge in [-0.05, 0) is 72.0 Å². The number of aromatic nitrogens is 1. The van der Waals surface area contributed by atoms with E-state index in [4.69, 9.17) is 10.5 Å². The van der Waals surface area contributed by atoms with Crippen molar-refractivity contribution in [2.24, 2.45) is 11.7 Å². The molecule has 30 heavy (non-hydrogen) atoms. The first-order valence-electron chi connectivity index (χ1n) is 9.07. The molecule has 10 heteroatoms. The topological polar surface area (TPSA) is 94.3 Å². The molecule has 6 nitrogen and oxygen atoms in total. The maximum Gasteiger partial charge on any atom is 0.342 e. The van der Waals surface area contributed by atoms with Crippen LogP contribution in [0.25, 0.3) is 10.2 Å². The molecule has 156 valence electrons. The summed E-state index contributed by atoms with van der Waals surface area (Å²) in [7, 11) is 0. The number of anilines is 2. The van der Waals surface area contributed by atoms with E-state index in [0.717, 1.165) is 22.0 Å². The third-order valence-corrected chi connectivity index (χ3v) is 6.47. The molecule has 3 N–H and O–H groups in total. The molecule has 0 bridgehead atoms. The van der Waals surface area contributed by atoms with Crippen LogP contribution in [0.2, 0.25) is 0 Å². The number of carbonyl (C=O) groups is 2. The van der Waals surface area contributed by atoms with Gasteiger partial charge in [0.25, 0.3) is 5.91 Å².